The van der Waals surface area contributed by atoms with Crippen molar-refractivity contribution in [1.82, 2.24) is 0 Å². The van der Waals surface area contributed by atoms with Gasteiger partial charge < -0.3 is 5.11 Å². The van der Waals surface area contributed by atoms with E-state index in [2.05, 4.69) is 45.9 Å². The van der Waals surface area contributed by atoms with Gasteiger partial charge in [-0.25, -0.2) is 0 Å². The topological polar surface area (TPSA) is 20.2 Å². The van der Waals surface area contributed by atoms with Crippen molar-refractivity contribution in [3.63, 3.8) is 0 Å². The molecule has 1 N–H and O–H groups in total. The molecule has 1 heteroatoms. The first kappa shape index (κ1) is 13.9. The summed E-state index contributed by atoms with van der Waals surface area (Å²) in [6.45, 7) is 9.14. The summed E-state index contributed by atoms with van der Waals surface area (Å²) in [6, 6.07) is 12.1. The van der Waals surface area contributed by atoms with Crippen LogP contribution in [0.4, 0.5) is 0 Å². The molecular formula is C18H24O. The SMILES string of the molecule is CCCC(c1ccc(O)c2ccccc12)C(C)(C)C. The molecular weight excluding hydrogens is 232 g/mol. The zero-order valence-electron chi connectivity index (χ0n) is 12.4. The minimum Gasteiger partial charge on any atom is -0.507 e. The molecule has 1 nitrogen and oxygen atoms in total. The van der Waals surface area contributed by atoms with Crippen LogP contribution in [-0.4, -0.2) is 5.11 Å². The number of phenols is 1. The van der Waals surface area contributed by atoms with Gasteiger partial charge in [0.1, 0.15) is 5.75 Å². The van der Waals surface area contributed by atoms with Gasteiger partial charge in [0.05, 0.1) is 0 Å². The van der Waals surface area contributed by atoms with Gasteiger partial charge in [0, 0.05) is 5.39 Å². The van der Waals surface area contributed by atoms with Crippen molar-refractivity contribution in [1.29, 1.82) is 0 Å². The molecule has 2 aromatic carbocycles. The molecule has 1 atom stereocenters. The molecule has 0 aliphatic heterocycles. The number of hydrogen-bond acceptors (Lipinski definition) is 1. The number of phenolic OH excluding ortho intramolecular Hbond substituents is 1. The molecule has 0 spiro atoms. The van der Waals surface area contributed by atoms with Crippen LogP contribution >= 0.6 is 0 Å². The Morgan fingerprint density at radius 1 is 1.00 bits per heavy atom. The van der Waals surface area contributed by atoms with E-state index in [1.807, 2.05) is 18.2 Å². The van der Waals surface area contributed by atoms with Crippen molar-refractivity contribution >= 4 is 10.8 Å². The van der Waals surface area contributed by atoms with Crippen molar-refractivity contribution in [2.24, 2.45) is 5.41 Å². The number of fused-ring (bicyclic) bond motifs is 1. The molecule has 0 aliphatic rings. The first-order chi connectivity index (χ1) is 8.95. The average molecular weight is 256 g/mol. The molecule has 0 radical (unpaired) electrons. The Balaban J connectivity index is 2.64. The van der Waals surface area contributed by atoms with E-state index in [1.165, 1.54) is 23.8 Å². The van der Waals surface area contributed by atoms with Crippen molar-refractivity contribution in [2.45, 2.75) is 46.5 Å². The molecule has 0 amide bonds. The Morgan fingerprint density at radius 3 is 2.21 bits per heavy atom. The smallest absolute Gasteiger partial charge is 0.123 e. The van der Waals surface area contributed by atoms with E-state index >= 15 is 0 Å². The molecule has 0 aromatic heterocycles. The van der Waals surface area contributed by atoms with Gasteiger partial charge in [-0.05, 0) is 34.8 Å². The fraction of sp³-hybridized carbons (Fsp3) is 0.444. The zero-order chi connectivity index (χ0) is 14.0. The van der Waals surface area contributed by atoms with Crippen molar-refractivity contribution < 1.29 is 5.11 Å². The largest absolute Gasteiger partial charge is 0.507 e. The van der Waals surface area contributed by atoms with E-state index in [0.717, 1.165) is 5.39 Å². The Morgan fingerprint density at radius 2 is 1.63 bits per heavy atom. The van der Waals surface area contributed by atoms with Crippen LogP contribution in [0.5, 0.6) is 5.75 Å². The number of benzene rings is 2. The molecule has 102 valence electrons. The fourth-order valence-electron chi connectivity index (χ4n) is 2.95. The second-order valence-electron chi connectivity index (χ2n) is 6.43. The van der Waals surface area contributed by atoms with E-state index in [4.69, 9.17) is 0 Å². The second kappa shape index (κ2) is 5.24. The van der Waals surface area contributed by atoms with E-state index in [1.54, 1.807) is 0 Å². The highest BCUT2D eigenvalue weighted by molar-refractivity contribution is 5.91. The summed E-state index contributed by atoms with van der Waals surface area (Å²) in [5.74, 6) is 0.895. The Bertz CT molecular complexity index is 563. The lowest BCUT2D eigenvalue weighted by molar-refractivity contribution is 0.304. The Kier molecular flexibility index (Phi) is 3.84. The summed E-state index contributed by atoms with van der Waals surface area (Å²) in [7, 11) is 0. The van der Waals surface area contributed by atoms with Gasteiger partial charge in [-0.2, -0.15) is 0 Å². The highest BCUT2D eigenvalue weighted by Crippen LogP contribution is 2.42. The predicted molar refractivity (Wildman–Crippen MR) is 82.7 cm³/mol. The third kappa shape index (κ3) is 2.75. The fourth-order valence-corrected chi connectivity index (χ4v) is 2.95. The Hall–Kier alpha value is -1.50. The summed E-state index contributed by atoms with van der Waals surface area (Å²) in [6.07, 6.45) is 2.36. The molecule has 0 saturated carbocycles. The number of hydrogen-bond donors (Lipinski definition) is 1. The molecule has 2 aromatic rings. The quantitative estimate of drug-likeness (QED) is 0.771. The first-order valence-corrected chi connectivity index (χ1v) is 7.15. The third-order valence-corrected chi connectivity index (χ3v) is 3.93. The van der Waals surface area contributed by atoms with E-state index in [9.17, 15) is 5.11 Å². The molecule has 0 heterocycles. The Labute approximate surface area is 116 Å². The number of aromatic hydroxyl groups is 1. The minimum absolute atomic E-state index is 0.232. The van der Waals surface area contributed by atoms with Gasteiger partial charge in [0.25, 0.3) is 0 Å². The van der Waals surface area contributed by atoms with Gasteiger partial charge in [-0.1, -0.05) is 64.4 Å². The zero-order valence-corrected chi connectivity index (χ0v) is 12.4. The van der Waals surface area contributed by atoms with Crippen LogP contribution in [0, 0.1) is 5.41 Å². The lowest BCUT2D eigenvalue weighted by Gasteiger charge is -2.32. The molecule has 0 aliphatic carbocycles. The van der Waals surface area contributed by atoms with Crippen molar-refractivity contribution in [3.8, 4) is 5.75 Å². The maximum atomic E-state index is 10.0. The first-order valence-electron chi connectivity index (χ1n) is 7.15. The lowest BCUT2D eigenvalue weighted by Crippen LogP contribution is -2.18. The van der Waals surface area contributed by atoms with Gasteiger partial charge in [0.2, 0.25) is 0 Å². The maximum Gasteiger partial charge on any atom is 0.123 e. The highest BCUT2D eigenvalue weighted by Gasteiger charge is 2.27. The number of rotatable bonds is 3. The van der Waals surface area contributed by atoms with Gasteiger partial charge >= 0.3 is 0 Å². The van der Waals surface area contributed by atoms with Crippen LogP contribution < -0.4 is 0 Å². The van der Waals surface area contributed by atoms with E-state index in [-0.39, 0.29) is 5.41 Å². The highest BCUT2D eigenvalue weighted by atomic mass is 16.3. The molecule has 1 unspecified atom stereocenters. The molecule has 0 saturated heterocycles. The van der Waals surface area contributed by atoms with E-state index in [0.29, 0.717) is 11.7 Å². The van der Waals surface area contributed by atoms with Crippen LogP contribution in [0.3, 0.4) is 0 Å². The minimum atomic E-state index is 0.232. The van der Waals surface area contributed by atoms with Crippen LogP contribution in [0.15, 0.2) is 36.4 Å². The van der Waals surface area contributed by atoms with Crippen LogP contribution in [0.25, 0.3) is 10.8 Å². The molecule has 0 bridgehead atoms. The summed E-state index contributed by atoms with van der Waals surface area (Å²) >= 11 is 0. The summed E-state index contributed by atoms with van der Waals surface area (Å²) in [4.78, 5) is 0. The van der Waals surface area contributed by atoms with E-state index < -0.39 is 0 Å². The summed E-state index contributed by atoms with van der Waals surface area (Å²) in [5.41, 5.74) is 1.60. The maximum absolute atomic E-state index is 10.0. The molecule has 19 heavy (non-hydrogen) atoms. The monoisotopic (exact) mass is 256 g/mol. The van der Waals surface area contributed by atoms with Gasteiger partial charge in [0.15, 0.2) is 0 Å². The molecule has 0 fully saturated rings. The van der Waals surface area contributed by atoms with Crippen molar-refractivity contribution in [2.75, 3.05) is 0 Å². The predicted octanol–water partition coefficient (Wildman–Crippen LogP) is 5.48. The van der Waals surface area contributed by atoms with Crippen LogP contribution in [-0.2, 0) is 0 Å². The standard InChI is InChI=1S/C18H24O/c1-5-8-16(18(2,3)4)14-11-12-17(19)15-10-7-6-9-13(14)15/h6-7,9-12,16,19H,5,8H2,1-4H3. The normalized spacial score (nSPS) is 13.7. The van der Waals surface area contributed by atoms with Gasteiger partial charge in [-0.3, -0.25) is 0 Å². The third-order valence-electron chi connectivity index (χ3n) is 3.93. The van der Waals surface area contributed by atoms with Crippen LogP contribution in [0.2, 0.25) is 0 Å². The average Bonchev–Trinajstić information content (AvgIpc) is 2.36. The summed E-state index contributed by atoms with van der Waals surface area (Å²) in [5, 5.41) is 12.2. The van der Waals surface area contributed by atoms with Crippen molar-refractivity contribution in [3.05, 3.63) is 42.0 Å². The molecule has 2 rings (SSSR count). The van der Waals surface area contributed by atoms with Crippen LogP contribution in [0.1, 0.15) is 52.0 Å². The van der Waals surface area contributed by atoms with Gasteiger partial charge in [-0.15, -0.1) is 0 Å². The summed E-state index contributed by atoms with van der Waals surface area (Å²) < 4.78 is 0. The lowest BCUT2D eigenvalue weighted by atomic mass is 9.73. The second-order valence-corrected chi connectivity index (χ2v) is 6.43.